The van der Waals surface area contributed by atoms with Gasteiger partial charge in [0.25, 0.3) is 0 Å². The number of pyridine rings is 1. The quantitative estimate of drug-likeness (QED) is 0.595. The van der Waals surface area contributed by atoms with Crippen molar-refractivity contribution in [2.45, 2.75) is 26.6 Å². The molecule has 0 radical (unpaired) electrons. The van der Waals surface area contributed by atoms with Crippen LogP contribution in [0.3, 0.4) is 0 Å². The Hall–Kier alpha value is -3.41. The molecule has 0 fully saturated rings. The molecular formula is C21H20N4O2. The number of aryl methyl sites for hydroxylation is 1. The number of amides is 1. The summed E-state index contributed by atoms with van der Waals surface area (Å²) in [5.41, 5.74) is 2.70. The van der Waals surface area contributed by atoms with Gasteiger partial charge in [-0.05, 0) is 31.2 Å². The zero-order valence-electron chi connectivity index (χ0n) is 15.1. The summed E-state index contributed by atoms with van der Waals surface area (Å²) in [5.74, 6) is 0.704. The molecule has 6 heteroatoms. The molecule has 4 rings (SSSR count). The van der Waals surface area contributed by atoms with Crippen LogP contribution in [0.4, 0.5) is 0 Å². The predicted molar refractivity (Wildman–Crippen MR) is 105 cm³/mol. The molecule has 136 valence electrons. The van der Waals surface area contributed by atoms with Gasteiger partial charge in [-0.25, -0.2) is 4.98 Å². The van der Waals surface area contributed by atoms with Gasteiger partial charge in [-0.3, -0.25) is 9.59 Å². The van der Waals surface area contributed by atoms with Gasteiger partial charge < -0.3 is 14.5 Å². The fraction of sp³-hybridized carbons (Fsp3) is 0.190. The summed E-state index contributed by atoms with van der Waals surface area (Å²) >= 11 is 0. The lowest BCUT2D eigenvalue weighted by Gasteiger charge is -2.11. The summed E-state index contributed by atoms with van der Waals surface area (Å²) in [4.78, 5) is 29.1. The molecule has 4 aromatic rings. The van der Waals surface area contributed by atoms with Gasteiger partial charge in [0.1, 0.15) is 12.4 Å². The summed E-state index contributed by atoms with van der Waals surface area (Å²) in [6.45, 7) is 3.36. The number of para-hydroxylation sites is 3. The van der Waals surface area contributed by atoms with Crippen LogP contribution in [-0.4, -0.2) is 20.0 Å². The lowest BCUT2D eigenvalue weighted by atomic mass is 10.2. The van der Waals surface area contributed by atoms with Crippen LogP contribution in [0.15, 0.2) is 65.6 Å². The first-order chi connectivity index (χ1) is 13.2. The monoisotopic (exact) mass is 360 g/mol. The van der Waals surface area contributed by atoms with Gasteiger partial charge in [0, 0.05) is 24.2 Å². The zero-order valence-corrected chi connectivity index (χ0v) is 15.1. The molecule has 27 heavy (non-hydrogen) atoms. The highest BCUT2D eigenvalue weighted by molar-refractivity contribution is 5.82. The largest absolute Gasteiger partial charge is 0.347 e. The number of hydrogen-bond acceptors (Lipinski definition) is 3. The lowest BCUT2D eigenvalue weighted by molar-refractivity contribution is -0.121. The van der Waals surface area contributed by atoms with E-state index in [9.17, 15) is 9.59 Å². The Labute approximate surface area is 156 Å². The molecule has 1 N–H and O–H groups in total. The van der Waals surface area contributed by atoms with Crippen LogP contribution in [0, 0.1) is 0 Å². The van der Waals surface area contributed by atoms with Crippen molar-refractivity contribution in [3.8, 4) is 0 Å². The first-order valence-electron chi connectivity index (χ1n) is 8.96. The van der Waals surface area contributed by atoms with E-state index in [2.05, 4.69) is 21.8 Å². The van der Waals surface area contributed by atoms with Crippen LogP contribution in [0.5, 0.6) is 0 Å². The number of rotatable bonds is 5. The predicted octanol–water partition coefficient (Wildman–Crippen LogP) is 2.69. The standard InChI is InChI=1S/C21H20N4O2/c1-2-25-18-10-6-4-8-16(18)23-20(25)13-22-21(27)14-24-12-11-19(26)15-7-3-5-9-17(15)24/h3-12H,2,13-14H2,1H3,(H,22,27). The summed E-state index contributed by atoms with van der Waals surface area (Å²) in [7, 11) is 0. The Kier molecular flexibility index (Phi) is 4.46. The number of imidazole rings is 1. The van der Waals surface area contributed by atoms with Crippen LogP contribution in [0.1, 0.15) is 12.7 Å². The van der Waals surface area contributed by atoms with Crippen molar-refractivity contribution in [2.75, 3.05) is 0 Å². The molecule has 2 aromatic heterocycles. The minimum atomic E-state index is -0.126. The van der Waals surface area contributed by atoms with Crippen molar-refractivity contribution >= 4 is 27.8 Å². The third kappa shape index (κ3) is 3.21. The Morgan fingerprint density at radius 1 is 1.04 bits per heavy atom. The van der Waals surface area contributed by atoms with E-state index in [0.29, 0.717) is 11.9 Å². The second-order valence-electron chi connectivity index (χ2n) is 6.36. The number of carbonyl (C=O) groups excluding carboxylic acids is 1. The fourth-order valence-electron chi connectivity index (χ4n) is 3.40. The van der Waals surface area contributed by atoms with E-state index in [1.54, 1.807) is 16.8 Å². The Bertz CT molecular complexity index is 1190. The van der Waals surface area contributed by atoms with E-state index in [-0.39, 0.29) is 17.9 Å². The van der Waals surface area contributed by atoms with Gasteiger partial charge in [-0.2, -0.15) is 0 Å². The summed E-state index contributed by atoms with van der Waals surface area (Å²) in [5, 5.41) is 3.55. The highest BCUT2D eigenvalue weighted by atomic mass is 16.2. The average molecular weight is 360 g/mol. The number of benzene rings is 2. The van der Waals surface area contributed by atoms with Crippen molar-refractivity contribution in [3.05, 3.63) is 76.8 Å². The highest BCUT2D eigenvalue weighted by Gasteiger charge is 2.11. The third-order valence-corrected chi connectivity index (χ3v) is 4.69. The van der Waals surface area contributed by atoms with E-state index in [0.717, 1.165) is 28.9 Å². The molecule has 6 nitrogen and oxygen atoms in total. The minimum Gasteiger partial charge on any atom is -0.347 e. The second kappa shape index (κ2) is 7.07. The fourth-order valence-corrected chi connectivity index (χ4v) is 3.40. The van der Waals surface area contributed by atoms with Gasteiger partial charge >= 0.3 is 0 Å². The molecule has 0 spiro atoms. The minimum absolute atomic E-state index is 0.0427. The molecule has 1 amide bonds. The van der Waals surface area contributed by atoms with Crippen LogP contribution in [-0.2, 0) is 24.4 Å². The van der Waals surface area contributed by atoms with Crippen LogP contribution >= 0.6 is 0 Å². The van der Waals surface area contributed by atoms with Crippen LogP contribution in [0.25, 0.3) is 21.9 Å². The normalized spacial score (nSPS) is 11.1. The maximum Gasteiger partial charge on any atom is 0.240 e. The molecule has 0 unspecified atom stereocenters. The molecule has 0 aliphatic carbocycles. The molecule has 0 saturated carbocycles. The zero-order chi connectivity index (χ0) is 18.8. The van der Waals surface area contributed by atoms with Gasteiger partial charge in [-0.15, -0.1) is 0 Å². The molecule has 0 bridgehead atoms. The molecule has 2 heterocycles. The molecule has 0 aliphatic rings. The van der Waals surface area contributed by atoms with Gasteiger partial charge in [-0.1, -0.05) is 24.3 Å². The molecule has 0 saturated heterocycles. The van der Waals surface area contributed by atoms with Crippen molar-refractivity contribution in [3.63, 3.8) is 0 Å². The lowest BCUT2D eigenvalue weighted by Crippen LogP contribution is -2.28. The van der Waals surface area contributed by atoms with Crippen molar-refractivity contribution in [1.82, 2.24) is 19.4 Å². The van der Waals surface area contributed by atoms with Gasteiger partial charge in [0.2, 0.25) is 5.91 Å². The number of hydrogen-bond donors (Lipinski definition) is 1. The smallest absolute Gasteiger partial charge is 0.240 e. The summed E-state index contributed by atoms with van der Waals surface area (Å²) in [6.07, 6.45) is 1.66. The molecule has 0 atom stereocenters. The Morgan fingerprint density at radius 2 is 1.78 bits per heavy atom. The third-order valence-electron chi connectivity index (χ3n) is 4.69. The maximum absolute atomic E-state index is 12.5. The van der Waals surface area contributed by atoms with E-state index in [1.165, 1.54) is 6.07 Å². The van der Waals surface area contributed by atoms with Crippen molar-refractivity contribution < 1.29 is 4.79 Å². The first-order valence-corrected chi connectivity index (χ1v) is 8.96. The SMILES string of the molecule is CCn1c(CNC(=O)Cn2ccc(=O)c3ccccc32)nc2ccccc21. The summed E-state index contributed by atoms with van der Waals surface area (Å²) in [6, 6.07) is 16.7. The molecule has 2 aromatic carbocycles. The molecular weight excluding hydrogens is 340 g/mol. The highest BCUT2D eigenvalue weighted by Crippen LogP contribution is 2.16. The van der Waals surface area contributed by atoms with E-state index in [4.69, 9.17) is 0 Å². The van der Waals surface area contributed by atoms with E-state index in [1.807, 2.05) is 42.5 Å². The van der Waals surface area contributed by atoms with Crippen LogP contribution < -0.4 is 10.7 Å². The average Bonchev–Trinajstić information content (AvgIpc) is 3.06. The number of nitrogens with zero attached hydrogens (tertiary/aromatic N) is 3. The number of carbonyl (C=O) groups is 1. The topological polar surface area (TPSA) is 68.9 Å². The van der Waals surface area contributed by atoms with Gasteiger partial charge in [0.15, 0.2) is 5.43 Å². The van der Waals surface area contributed by atoms with Crippen molar-refractivity contribution in [1.29, 1.82) is 0 Å². The number of fused-ring (bicyclic) bond motifs is 2. The van der Waals surface area contributed by atoms with E-state index < -0.39 is 0 Å². The Balaban J connectivity index is 1.53. The van der Waals surface area contributed by atoms with Crippen LogP contribution in [0.2, 0.25) is 0 Å². The molecule has 0 aliphatic heterocycles. The second-order valence-corrected chi connectivity index (χ2v) is 6.36. The van der Waals surface area contributed by atoms with E-state index >= 15 is 0 Å². The summed E-state index contributed by atoms with van der Waals surface area (Å²) < 4.78 is 3.89. The van der Waals surface area contributed by atoms with Gasteiger partial charge in [0.05, 0.1) is 23.1 Å². The number of aromatic nitrogens is 3. The van der Waals surface area contributed by atoms with Crippen molar-refractivity contribution in [2.24, 2.45) is 0 Å². The Morgan fingerprint density at radius 3 is 2.59 bits per heavy atom. The number of nitrogens with one attached hydrogen (secondary N) is 1. The first kappa shape index (κ1) is 17.0. The maximum atomic E-state index is 12.5.